The van der Waals surface area contributed by atoms with Gasteiger partial charge in [0.15, 0.2) is 41.6 Å². The molecule has 2 fully saturated rings. The summed E-state index contributed by atoms with van der Waals surface area (Å²) in [4.78, 5) is 37.2. The van der Waals surface area contributed by atoms with Crippen molar-refractivity contribution in [2.45, 2.75) is 49.5 Å². The molecule has 2 aliphatic heterocycles. The zero-order valence-corrected chi connectivity index (χ0v) is 24.9. The Morgan fingerprint density at radius 1 is 1.05 bits per heavy atom. The Morgan fingerprint density at radius 2 is 1.66 bits per heavy atom. The fourth-order valence-corrected chi connectivity index (χ4v) is 6.38. The second-order valence-electron chi connectivity index (χ2n) is 9.64. The monoisotopic (exact) mass is 675 g/mol. The zero-order valence-electron chi connectivity index (χ0n) is 22.1. The number of nitrogen functional groups attached to an aromatic ring is 2. The van der Waals surface area contributed by atoms with Gasteiger partial charge >= 0.3 is 15.0 Å². The Hall–Kier alpha value is -3.20. The topological polar surface area (TPSA) is 269 Å². The quantitative estimate of drug-likeness (QED) is 0.0991. The summed E-state index contributed by atoms with van der Waals surface area (Å²) in [6.07, 6.45) is -3.98. The number of halogens is 1. The number of aromatic nitrogens is 8. The first kappa shape index (κ1) is 30.8. The van der Waals surface area contributed by atoms with Crippen LogP contribution >= 0.6 is 27.2 Å². The molecular weight excluding hydrogens is 651 g/mol. The molecule has 5 N–H and O–H groups in total. The van der Waals surface area contributed by atoms with Gasteiger partial charge in [-0.1, -0.05) is 12.2 Å². The standard InChI is InChI=1S/C20H24FN11O9P2S/c21-11-14(10(3-38-43(36,44)30-34)40-20(11)32-7-29-13-16(23)25-5-27-18(13)32)41-42(35)37-2-8-1-9(33)19(39-8)31-6-28-12-15(22)24-4-26-17(12)31/h4-11,14,19-20,33,42H,1-3H2,(H,36,44)(H2,22,24,26)(H2,23,25,27)/t8-,9+,10+,11+,14+,19+,20+,43+/m0/s1. The lowest BCUT2D eigenvalue weighted by Crippen LogP contribution is -2.32. The number of rotatable bonds is 11. The number of imidazole rings is 2. The molecule has 24 heteroatoms. The Kier molecular flexibility index (Phi) is 8.61. The number of fused-ring (bicyclic) bond motifs is 2. The van der Waals surface area contributed by atoms with E-state index in [4.69, 9.17) is 34.5 Å². The number of nitrogens with zero attached hydrogens (tertiary/aromatic N) is 9. The average molecular weight is 675 g/mol. The predicted molar refractivity (Wildman–Crippen MR) is 151 cm³/mol. The Morgan fingerprint density at radius 3 is 2.27 bits per heavy atom. The highest BCUT2D eigenvalue weighted by atomic mass is 32.7. The lowest BCUT2D eigenvalue weighted by molar-refractivity contribution is -0.0491. The van der Waals surface area contributed by atoms with Crippen molar-refractivity contribution in [3.05, 3.63) is 30.2 Å². The van der Waals surface area contributed by atoms with Crippen molar-refractivity contribution >= 4 is 61.2 Å². The molecule has 1 unspecified atom stereocenters. The van der Waals surface area contributed by atoms with E-state index in [1.807, 2.05) is 0 Å². The van der Waals surface area contributed by atoms with Crippen molar-refractivity contribution in [2.24, 2.45) is 4.95 Å². The van der Waals surface area contributed by atoms with Gasteiger partial charge in [0.1, 0.15) is 42.0 Å². The molecule has 0 radical (unpaired) electrons. The Balaban J connectivity index is 1.13. The molecule has 0 saturated carbocycles. The first-order valence-corrected chi connectivity index (χ1v) is 16.7. The van der Waals surface area contributed by atoms with Gasteiger partial charge in [-0.25, -0.2) is 34.3 Å². The fourth-order valence-electron chi connectivity index (χ4n) is 4.89. The van der Waals surface area contributed by atoms with Crippen molar-refractivity contribution in [3.8, 4) is 0 Å². The van der Waals surface area contributed by atoms with Crippen molar-refractivity contribution in [3.63, 3.8) is 0 Å². The van der Waals surface area contributed by atoms with E-state index in [0.29, 0.717) is 11.2 Å². The van der Waals surface area contributed by atoms with Gasteiger partial charge in [-0.05, 0) is 0 Å². The molecular formula is C20H24FN11O9P2S. The summed E-state index contributed by atoms with van der Waals surface area (Å²) < 4.78 is 70.7. The molecule has 9 atom stereocenters. The molecule has 2 aliphatic rings. The Bertz CT molecular complexity index is 1770. The van der Waals surface area contributed by atoms with E-state index in [0.717, 1.165) is 6.33 Å². The molecule has 6 rings (SSSR count). The number of thiol groups is 1. The van der Waals surface area contributed by atoms with E-state index in [2.05, 4.69) is 47.1 Å². The minimum Gasteiger partial charge on any atom is -0.388 e. The molecule has 20 nitrogen and oxygen atoms in total. The lowest BCUT2D eigenvalue weighted by atomic mass is 10.1. The van der Waals surface area contributed by atoms with E-state index in [-0.39, 0.29) is 35.8 Å². The second kappa shape index (κ2) is 12.3. The van der Waals surface area contributed by atoms with Crippen LogP contribution in [0.4, 0.5) is 16.0 Å². The van der Waals surface area contributed by atoms with Crippen LogP contribution in [0.15, 0.2) is 30.3 Å². The van der Waals surface area contributed by atoms with Crippen LogP contribution in [0.1, 0.15) is 18.9 Å². The summed E-state index contributed by atoms with van der Waals surface area (Å²) in [6, 6.07) is 0. The van der Waals surface area contributed by atoms with Crippen molar-refractivity contribution in [1.82, 2.24) is 39.0 Å². The zero-order chi connectivity index (χ0) is 31.2. The number of aliphatic hydroxyl groups excluding tert-OH is 1. The molecule has 0 aromatic carbocycles. The highest BCUT2D eigenvalue weighted by Crippen LogP contribution is 2.54. The minimum absolute atomic E-state index is 0.0430. The van der Waals surface area contributed by atoms with Crippen LogP contribution in [0.25, 0.3) is 22.3 Å². The molecule has 2 saturated heterocycles. The summed E-state index contributed by atoms with van der Waals surface area (Å²) in [7, 11) is -3.44. The second-order valence-corrected chi connectivity index (χ2v) is 13.6. The van der Waals surface area contributed by atoms with Gasteiger partial charge in [-0.3, -0.25) is 22.8 Å². The van der Waals surface area contributed by atoms with E-state index in [9.17, 15) is 19.1 Å². The highest BCUT2D eigenvalue weighted by molar-refractivity contribution is 8.45. The molecule has 236 valence electrons. The van der Waals surface area contributed by atoms with Gasteiger partial charge in [0.25, 0.3) is 0 Å². The van der Waals surface area contributed by atoms with Crippen LogP contribution in [-0.4, -0.2) is 87.9 Å². The molecule has 44 heavy (non-hydrogen) atoms. The third-order valence-corrected chi connectivity index (χ3v) is 9.01. The first-order chi connectivity index (χ1) is 21.1. The van der Waals surface area contributed by atoms with Crippen LogP contribution in [0.5, 0.6) is 0 Å². The summed E-state index contributed by atoms with van der Waals surface area (Å²) in [5.74, 6) is 0.199. The molecule has 0 aliphatic carbocycles. The maximum absolute atomic E-state index is 15.8. The van der Waals surface area contributed by atoms with Gasteiger partial charge < -0.3 is 35.1 Å². The van der Waals surface area contributed by atoms with Gasteiger partial charge in [-0.15, -0.1) is 4.91 Å². The van der Waals surface area contributed by atoms with E-state index in [1.54, 1.807) is 0 Å². The number of nitrogens with two attached hydrogens (primary N) is 2. The number of alkyl halides is 1. The number of nitroso groups, excluding NO2 is 1. The van der Waals surface area contributed by atoms with Crippen molar-refractivity contribution in [2.75, 3.05) is 24.7 Å². The smallest absolute Gasteiger partial charge is 0.388 e. The van der Waals surface area contributed by atoms with Crippen LogP contribution in [0.3, 0.4) is 0 Å². The third kappa shape index (κ3) is 5.92. The summed E-state index contributed by atoms with van der Waals surface area (Å²) in [6.45, 7) is -5.19. The highest BCUT2D eigenvalue weighted by Gasteiger charge is 2.49. The van der Waals surface area contributed by atoms with Gasteiger partial charge in [0.05, 0.1) is 32.0 Å². The van der Waals surface area contributed by atoms with Gasteiger partial charge in [0, 0.05) is 11.4 Å². The molecule has 4 aromatic rings. The number of hydrogen-bond donors (Lipinski definition) is 4. The predicted octanol–water partition coefficient (Wildman–Crippen LogP) is 1.33. The Labute approximate surface area is 251 Å². The van der Waals surface area contributed by atoms with Crippen LogP contribution in [-0.2, 0) is 32.2 Å². The maximum atomic E-state index is 15.8. The first-order valence-electron chi connectivity index (χ1n) is 12.7. The number of aliphatic hydroxyl groups is 1. The number of hydrogen-bond acceptors (Lipinski definition) is 17. The summed E-state index contributed by atoms with van der Waals surface area (Å²) in [5, 5.41) is 10.6. The number of anilines is 2. The SMILES string of the molecule is Nc1ncnc2c1ncn2[C@@H]1O[C@H](CO[P@@](=O)(S)N=O)[C@@H](O[PH](=O)OC[C@@H]2C[C@@H](O)[C@H](n3cnc4c(N)ncnc43)O2)[C@H]1F. The maximum Gasteiger partial charge on any atom is 0.405 e. The van der Waals surface area contributed by atoms with Crippen molar-refractivity contribution in [1.29, 1.82) is 0 Å². The molecule has 0 bridgehead atoms. The molecule has 4 aromatic heterocycles. The molecule has 6 heterocycles. The minimum atomic E-state index is -4.22. The summed E-state index contributed by atoms with van der Waals surface area (Å²) in [5.41, 5.74) is 12.6. The average Bonchev–Trinajstić information content (AvgIpc) is 3.77. The normalized spacial score (nSPS) is 29.3. The van der Waals surface area contributed by atoms with Crippen LogP contribution < -0.4 is 11.5 Å². The number of ether oxygens (including phenoxy) is 2. The van der Waals surface area contributed by atoms with E-state index >= 15 is 4.39 Å². The molecule has 0 amide bonds. The largest absolute Gasteiger partial charge is 0.405 e. The molecule has 0 spiro atoms. The summed E-state index contributed by atoms with van der Waals surface area (Å²) >= 11 is 3.55. The van der Waals surface area contributed by atoms with Crippen molar-refractivity contribution < 1.29 is 41.7 Å². The van der Waals surface area contributed by atoms with Crippen LogP contribution in [0, 0.1) is 4.91 Å². The van der Waals surface area contributed by atoms with Gasteiger partial charge in [0.2, 0.25) is 0 Å². The lowest BCUT2D eigenvalue weighted by Gasteiger charge is -2.20. The van der Waals surface area contributed by atoms with Crippen LogP contribution in [0.2, 0.25) is 0 Å². The fraction of sp³-hybridized carbons (Fsp3) is 0.500. The van der Waals surface area contributed by atoms with E-state index in [1.165, 1.54) is 28.1 Å². The van der Waals surface area contributed by atoms with E-state index < -0.39 is 64.6 Å². The van der Waals surface area contributed by atoms with Gasteiger partial charge in [-0.2, -0.15) is 0 Å². The third-order valence-electron chi connectivity index (χ3n) is 6.88.